The fourth-order valence-electron chi connectivity index (χ4n) is 2.93. The molecule has 2 amide bonds. The molecule has 0 unspecified atom stereocenters. The Labute approximate surface area is 190 Å². The number of amides is 2. The number of nitrogens with zero attached hydrogens (tertiary/aromatic N) is 2. The standard InChI is InChI=1S/C21H13Cl2N3O4S/c1-30-18(27)10-17-20(29)26(13-3-5-16-11(8-13)6-7-24-16)21(31-17)25-19(28)14-4-2-12(22)9-15(14)23/h2-10,24H,1H3. The van der Waals surface area contributed by atoms with Crippen molar-refractivity contribution in [3.63, 3.8) is 0 Å². The number of aromatic amines is 1. The second kappa shape index (κ2) is 8.58. The molecule has 1 aliphatic rings. The van der Waals surface area contributed by atoms with Crippen molar-refractivity contribution < 1.29 is 19.1 Å². The van der Waals surface area contributed by atoms with E-state index in [0.29, 0.717) is 10.7 Å². The number of hydrogen-bond donors (Lipinski definition) is 1. The first-order chi connectivity index (χ1) is 14.9. The van der Waals surface area contributed by atoms with E-state index in [1.807, 2.05) is 6.07 Å². The van der Waals surface area contributed by atoms with Crippen molar-refractivity contribution in [2.75, 3.05) is 12.0 Å². The summed E-state index contributed by atoms with van der Waals surface area (Å²) in [5.41, 5.74) is 1.51. The third-order valence-corrected chi connectivity index (χ3v) is 5.93. The van der Waals surface area contributed by atoms with Gasteiger partial charge < -0.3 is 9.72 Å². The predicted molar refractivity (Wildman–Crippen MR) is 122 cm³/mol. The number of hydrogen-bond acceptors (Lipinski definition) is 5. The number of aromatic nitrogens is 1. The van der Waals surface area contributed by atoms with Crippen LogP contribution in [-0.2, 0) is 14.3 Å². The van der Waals surface area contributed by atoms with Crippen LogP contribution in [0.4, 0.5) is 5.69 Å². The summed E-state index contributed by atoms with van der Waals surface area (Å²) in [7, 11) is 1.21. The van der Waals surface area contributed by atoms with Gasteiger partial charge in [0.1, 0.15) is 0 Å². The topological polar surface area (TPSA) is 91.8 Å². The average Bonchev–Trinajstić information content (AvgIpc) is 3.31. The molecule has 0 bridgehead atoms. The summed E-state index contributed by atoms with van der Waals surface area (Å²) in [5.74, 6) is -1.84. The molecular weight excluding hydrogens is 461 g/mol. The molecule has 7 nitrogen and oxygen atoms in total. The Bertz CT molecular complexity index is 1300. The van der Waals surface area contributed by atoms with Crippen molar-refractivity contribution in [1.29, 1.82) is 0 Å². The minimum absolute atomic E-state index is 0.0785. The number of benzene rings is 2. The number of rotatable bonds is 3. The number of aliphatic imine (C=N–C) groups is 1. The maximum atomic E-state index is 13.1. The Morgan fingerprint density at radius 1 is 1.16 bits per heavy atom. The van der Waals surface area contributed by atoms with Crippen LogP contribution >= 0.6 is 35.0 Å². The van der Waals surface area contributed by atoms with Crippen LogP contribution in [0.15, 0.2) is 64.6 Å². The van der Waals surface area contributed by atoms with Gasteiger partial charge in [-0.1, -0.05) is 23.2 Å². The molecule has 0 radical (unpaired) electrons. The van der Waals surface area contributed by atoms with Crippen LogP contribution in [0.2, 0.25) is 10.0 Å². The molecule has 0 aliphatic carbocycles. The van der Waals surface area contributed by atoms with Gasteiger partial charge >= 0.3 is 5.97 Å². The quantitative estimate of drug-likeness (QED) is 0.435. The Morgan fingerprint density at radius 2 is 1.97 bits per heavy atom. The van der Waals surface area contributed by atoms with Gasteiger partial charge in [0, 0.05) is 28.2 Å². The first-order valence-corrected chi connectivity index (χ1v) is 10.4. The monoisotopic (exact) mass is 473 g/mol. The molecule has 1 saturated heterocycles. The van der Waals surface area contributed by atoms with Crippen LogP contribution < -0.4 is 4.90 Å². The Morgan fingerprint density at radius 3 is 2.71 bits per heavy atom. The Kier molecular flexibility index (Phi) is 5.86. The molecule has 1 fully saturated rings. The lowest BCUT2D eigenvalue weighted by Crippen LogP contribution is -2.29. The predicted octanol–water partition coefficient (Wildman–Crippen LogP) is 4.81. The average molecular weight is 474 g/mol. The van der Waals surface area contributed by atoms with E-state index in [-0.39, 0.29) is 20.7 Å². The van der Waals surface area contributed by atoms with E-state index in [1.165, 1.54) is 30.2 Å². The maximum Gasteiger partial charge on any atom is 0.331 e. The highest BCUT2D eigenvalue weighted by Crippen LogP contribution is 2.36. The molecular formula is C21H13Cl2N3O4S. The van der Waals surface area contributed by atoms with Crippen molar-refractivity contribution in [2.45, 2.75) is 0 Å². The molecule has 2 heterocycles. The SMILES string of the molecule is COC(=O)C=C1SC(=NC(=O)c2ccc(Cl)cc2Cl)N(c2ccc3[nH]ccc3c2)C1=O. The van der Waals surface area contributed by atoms with E-state index in [4.69, 9.17) is 23.2 Å². The van der Waals surface area contributed by atoms with Crippen LogP contribution in [0.5, 0.6) is 0 Å². The second-order valence-electron chi connectivity index (χ2n) is 6.35. The number of carbonyl (C=O) groups is 3. The maximum absolute atomic E-state index is 13.1. The van der Waals surface area contributed by atoms with Crippen LogP contribution in [0.1, 0.15) is 10.4 Å². The summed E-state index contributed by atoms with van der Waals surface area (Å²) in [6.07, 6.45) is 2.84. The smallest absolute Gasteiger partial charge is 0.331 e. The van der Waals surface area contributed by atoms with Crippen molar-refractivity contribution in [2.24, 2.45) is 4.99 Å². The van der Waals surface area contributed by atoms with E-state index in [9.17, 15) is 14.4 Å². The zero-order valence-electron chi connectivity index (χ0n) is 15.9. The number of thioether (sulfide) groups is 1. The zero-order chi connectivity index (χ0) is 22.1. The van der Waals surface area contributed by atoms with E-state index < -0.39 is 17.8 Å². The van der Waals surface area contributed by atoms with Crippen molar-refractivity contribution in [1.82, 2.24) is 4.98 Å². The van der Waals surface area contributed by atoms with Gasteiger partial charge in [0.05, 0.1) is 28.3 Å². The number of anilines is 1. The highest BCUT2D eigenvalue weighted by atomic mass is 35.5. The van der Waals surface area contributed by atoms with E-state index in [0.717, 1.165) is 28.7 Å². The van der Waals surface area contributed by atoms with Gasteiger partial charge in [0.15, 0.2) is 5.17 Å². The number of halogens is 2. The lowest BCUT2D eigenvalue weighted by Gasteiger charge is -2.15. The van der Waals surface area contributed by atoms with Crippen LogP contribution in [0.3, 0.4) is 0 Å². The first kappa shape index (κ1) is 21.2. The van der Waals surface area contributed by atoms with Crippen LogP contribution in [0, 0.1) is 0 Å². The van der Waals surface area contributed by atoms with E-state index >= 15 is 0 Å². The van der Waals surface area contributed by atoms with E-state index in [1.54, 1.807) is 24.4 Å². The molecule has 1 aromatic heterocycles. The first-order valence-electron chi connectivity index (χ1n) is 8.84. The van der Waals surface area contributed by atoms with Gasteiger partial charge in [-0.25, -0.2) is 4.79 Å². The van der Waals surface area contributed by atoms with Crippen molar-refractivity contribution >= 4 is 74.5 Å². The number of nitrogens with one attached hydrogen (secondary N) is 1. The highest BCUT2D eigenvalue weighted by Gasteiger charge is 2.36. The summed E-state index contributed by atoms with van der Waals surface area (Å²) < 4.78 is 4.62. The van der Waals surface area contributed by atoms with Gasteiger partial charge in [-0.2, -0.15) is 4.99 Å². The minimum atomic E-state index is -0.690. The number of H-pyrrole nitrogens is 1. The summed E-state index contributed by atoms with van der Waals surface area (Å²) in [6.45, 7) is 0. The molecule has 3 aromatic rings. The normalized spacial score (nSPS) is 16.5. The van der Waals surface area contributed by atoms with Gasteiger partial charge in [-0.3, -0.25) is 14.5 Å². The van der Waals surface area contributed by atoms with Crippen LogP contribution in [0.25, 0.3) is 10.9 Å². The molecule has 0 atom stereocenters. The number of fused-ring (bicyclic) bond motifs is 1. The van der Waals surface area contributed by atoms with Gasteiger partial charge in [-0.15, -0.1) is 0 Å². The molecule has 4 rings (SSSR count). The third-order valence-electron chi connectivity index (χ3n) is 4.41. The second-order valence-corrected chi connectivity index (χ2v) is 8.20. The fourth-order valence-corrected chi connectivity index (χ4v) is 4.36. The molecule has 0 saturated carbocycles. The molecule has 2 aromatic carbocycles. The number of carbonyl (C=O) groups excluding carboxylic acids is 3. The summed E-state index contributed by atoms with van der Waals surface area (Å²) in [5, 5.41) is 1.48. The molecule has 10 heteroatoms. The Hall–Kier alpha value is -3.07. The lowest BCUT2D eigenvalue weighted by molar-refractivity contribution is -0.135. The Balaban J connectivity index is 1.79. The number of methoxy groups -OCH3 is 1. The summed E-state index contributed by atoms with van der Waals surface area (Å²) in [6, 6.07) is 11.6. The lowest BCUT2D eigenvalue weighted by atomic mass is 10.2. The highest BCUT2D eigenvalue weighted by molar-refractivity contribution is 8.19. The van der Waals surface area contributed by atoms with Gasteiger partial charge in [0.2, 0.25) is 0 Å². The molecule has 1 N–H and O–H groups in total. The molecule has 31 heavy (non-hydrogen) atoms. The fraction of sp³-hybridized carbons (Fsp3) is 0.0476. The van der Waals surface area contributed by atoms with Crippen LogP contribution in [-0.4, -0.2) is 35.0 Å². The molecule has 156 valence electrons. The van der Waals surface area contributed by atoms with Gasteiger partial charge in [-0.05, 0) is 54.2 Å². The number of amidine groups is 1. The van der Waals surface area contributed by atoms with E-state index in [2.05, 4.69) is 14.7 Å². The van der Waals surface area contributed by atoms with Crippen molar-refractivity contribution in [3.8, 4) is 0 Å². The third kappa shape index (κ3) is 4.23. The largest absolute Gasteiger partial charge is 0.466 e. The molecule has 1 aliphatic heterocycles. The summed E-state index contributed by atoms with van der Waals surface area (Å²) in [4.78, 5) is 46.1. The minimum Gasteiger partial charge on any atom is -0.466 e. The molecule has 0 spiro atoms. The van der Waals surface area contributed by atoms with Crippen molar-refractivity contribution in [3.05, 3.63) is 75.3 Å². The zero-order valence-corrected chi connectivity index (χ0v) is 18.2. The summed E-state index contributed by atoms with van der Waals surface area (Å²) >= 11 is 12.9. The van der Waals surface area contributed by atoms with Gasteiger partial charge in [0.25, 0.3) is 11.8 Å². The number of ether oxygens (including phenoxy) is 1. The number of esters is 1.